The van der Waals surface area contributed by atoms with E-state index in [-0.39, 0.29) is 0 Å². The smallest absolute Gasteiger partial charge is 0.0270 e. The first-order valence-electron chi connectivity index (χ1n) is 6.51. The van der Waals surface area contributed by atoms with Gasteiger partial charge < -0.3 is 5.32 Å². The molecule has 0 spiro atoms. The van der Waals surface area contributed by atoms with Crippen LogP contribution < -0.4 is 5.32 Å². The van der Waals surface area contributed by atoms with Crippen LogP contribution in [0.3, 0.4) is 0 Å². The molecule has 1 heterocycles. The van der Waals surface area contributed by atoms with Crippen LogP contribution in [0.4, 0.5) is 0 Å². The van der Waals surface area contributed by atoms with E-state index in [1.807, 2.05) is 12.4 Å². The van der Waals surface area contributed by atoms with Crippen LogP contribution in [0.25, 0.3) is 0 Å². The molecule has 0 amide bonds. The van der Waals surface area contributed by atoms with Crippen molar-refractivity contribution >= 4 is 0 Å². The highest BCUT2D eigenvalue weighted by Crippen LogP contribution is 2.12. The molecular formula is C16H20N2. The summed E-state index contributed by atoms with van der Waals surface area (Å²) in [7, 11) is 0. The summed E-state index contributed by atoms with van der Waals surface area (Å²) in [5.41, 5.74) is 2.73. The quantitative estimate of drug-likeness (QED) is 0.785. The van der Waals surface area contributed by atoms with Gasteiger partial charge >= 0.3 is 0 Å². The first-order chi connectivity index (χ1) is 8.86. The van der Waals surface area contributed by atoms with E-state index in [0.29, 0.717) is 5.92 Å². The van der Waals surface area contributed by atoms with Crippen molar-refractivity contribution < 1.29 is 0 Å². The summed E-state index contributed by atoms with van der Waals surface area (Å²) in [5, 5.41) is 3.51. The van der Waals surface area contributed by atoms with E-state index in [4.69, 9.17) is 0 Å². The molecule has 18 heavy (non-hydrogen) atoms. The molecule has 0 fully saturated rings. The molecule has 1 aromatic carbocycles. The summed E-state index contributed by atoms with van der Waals surface area (Å²) >= 11 is 0. The lowest BCUT2D eigenvalue weighted by Crippen LogP contribution is -2.22. The molecule has 0 bridgehead atoms. The third-order valence-corrected chi connectivity index (χ3v) is 3.16. The Morgan fingerprint density at radius 3 is 2.50 bits per heavy atom. The van der Waals surface area contributed by atoms with E-state index in [0.717, 1.165) is 19.5 Å². The predicted molar refractivity (Wildman–Crippen MR) is 75.7 cm³/mol. The molecule has 0 aliphatic heterocycles. The number of rotatable bonds is 6. The van der Waals surface area contributed by atoms with Crippen molar-refractivity contribution in [3.05, 3.63) is 66.0 Å². The maximum atomic E-state index is 4.02. The van der Waals surface area contributed by atoms with Gasteiger partial charge in [0, 0.05) is 18.9 Å². The van der Waals surface area contributed by atoms with Gasteiger partial charge in [-0.25, -0.2) is 0 Å². The Kier molecular flexibility index (Phi) is 4.91. The molecule has 1 atom stereocenters. The van der Waals surface area contributed by atoms with Crippen molar-refractivity contribution in [3.8, 4) is 0 Å². The molecule has 0 saturated heterocycles. The fraction of sp³-hybridized carbons (Fsp3) is 0.312. The van der Waals surface area contributed by atoms with E-state index < -0.39 is 0 Å². The van der Waals surface area contributed by atoms with Crippen LogP contribution in [-0.2, 0) is 6.42 Å². The largest absolute Gasteiger partial charge is 0.316 e. The number of benzene rings is 1. The van der Waals surface area contributed by atoms with Gasteiger partial charge in [0.25, 0.3) is 0 Å². The average Bonchev–Trinajstić information content (AvgIpc) is 2.45. The molecule has 94 valence electrons. The maximum absolute atomic E-state index is 4.02. The summed E-state index contributed by atoms with van der Waals surface area (Å²) in [6.45, 7) is 4.30. The topological polar surface area (TPSA) is 24.9 Å². The third kappa shape index (κ3) is 3.97. The zero-order chi connectivity index (χ0) is 12.6. The van der Waals surface area contributed by atoms with Gasteiger partial charge in [-0.2, -0.15) is 0 Å². The van der Waals surface area contributed by atoms with Crippen molar-refractivity contribution in [2.75, 3.05) is 13.1 Å². The van der Waals surface area contributed by atoms with Crippen molar-refractivity contribution in [1.82, 2.24) is 10.3 Å². The van der Waals surface area contributed by atoms with Crippen LogP contribution in [0.5, 0.6) is 0 Å². The Labute approximate surface area is 109 Å². The summed E-state index contributed by atoms with van der Waals surface area (Å²) < 4.78 is 0. The summed E-state index contributed by atoms with van der Waals surface area (Å²) in [6.07, 6.45) is 4.76. The number of nitrogens with zero attached hydrogens (tertiary/aromatic N) is 1. The van der Waals surface area contributed by atoms with Gasteiger partial charge in [0.2, 0.25) is 0 Å². The van der Waals surface area contributed by atoms with Gasteiger partial charge in [-0.3, -0.25) is 4.98 Å². The predicted octanol–water partition coefficient (Wildman–Crippen LogP) is 3.02. The van der Waals surface area contributed by atoms with Gasteiger partial charge in [-0.1, -0.05) is 37.3 Å². The minimum Gasteiger partial charge on any atom is -0.316 e. The molecule has 2 rings (SSSR count). The van der Waals surface area contributed by atoms with E-state index in [9.17, 15) is 0 Å². The van der Waals surface area contributed by atoms with Crippen molar-refractivity contribution in [2.45, 2.75) is 19.3 Å². The minimum atomic E-state index is 0.559. The molecule has 0 aliphatic carbocycles. The lowest BCUT2D eigenvalue weighted by Gasteiger charge is -2.12. The maximum Gasteiger partial charge on any atom is 0.0270 e. The lowest BCUT2D eigenvalue weighted by molar-refractivity contribution is 0.615. The number of hydrogen-bond acceptors (Lipinski definition) is 2. The van der Waals surface area contributed by atoms with E-state index in [2.05, 4.69) is 59.7 Å². The highest BCUT2D eigenvalue weighted by atomic mass is 14.8. The Morgan fingerprint density at radius 2 is 1.78 bits per heavy atom. The summed E-state index contributed by atoms with van der Waals surface area (Å²) in [6, 6.07) is 14.8. The molecule has 0 saturated carbocycles. The molecule has 1 aromatic heterocycles. The van der Waals surface area contributed by atoms with E-state index >= 15 is 0 Å². The molecule has 2 nitrogen and oxygen atoms in total. The van der Waals surface area contributed by atoms with Gasteiger partial charge in [0.05, 0.1) is 0 Å². The second-order valence-corrected chi connectivity index (χ2v) is 4.62. The Bertz CT molecular complexity index is 439. The number of hydrogen-bond donors (Lipinski definition) is 1. The van der Waals surface area contributed by atoms with Gasteiger partial charge in [0.15, 0.2) is 0 Å². The molecule has 1 N–H and O–H groups in total. The standard InChI is InChI=1S/C16H20N2/c1-14(16-5-3-2-4-6-16)13-18-12-9-15-7-10-17-11-8-15/h2-8,10-11,14,18H,9,12-13H2,1H3. The van der Waals surface area contributed by atoms with Crippen molar-refractivity contribution in [2.24, 2.45) is 0 Å². The fourth-order valence-corrected chi connectivity index (χ4v) is 2.00. The molecular weight excluding hydrogens is 220 g/mol. The first kappa shape index (κ1) is 12.8. The molecule has 2 aromatic rings. The Morgan fingerprint density at radius 1 is 1.06 bits per heavy atom. The lowest BCUT2D eigenvalue weighted by atomic mass is 10.0. The molecule has 1 unspecified atom stereocenters. The Hall–Kier alpha value is -1.67. The van der Waals surface area contributed by atoms with Crippen LogP contribution in [0.1, 0.15) is 24.0 Å². The van der Waals surface area contributed by atoms with Gasteiger partial charge in [0.1, 0.15) is 0 Å². The van der Waals surface area contributed by atoms with E-state index in [1.165, 1.54) is 11.1 Å². The Balaban J connectivity index is 1.70. The normalized spacial score (nSPS) is 12.3. The minimum absolute atomic E-state index is 0.559. The van der Waals surface area contributed by atoms with Crippen molar-refractivity contribution in [3.63, 3.8) is 0 Å². The second-order valence-electron chi connectivity index (χ2n) is 4.62. The average molecular weight is 240 g/mol. The second kappa shape index (κ2) is 6.92. The molecule has 2 heteroatoms. The zero-order valence-electron chi connectivity index (χ0n) is 10.8. The monoisotopic (exact) mass is 240 g/mol. The van der Waals surface area contributed by atoms with Crippen LogP contribution >= 0.6 is 0 Å². The van der Waals surface area contributed by atoms with Crippen LogP contribution in [0.15, 0.2) is 54.9 Å². The number of pyridine rings is 1. The van der Waals surface area contributed by atoms with Crippen LogP contribution in [0.2, 0.25) is 0 Å². The fourth-order valence-electron chi connectivity index (χ4n) is 2.00. The molecule has 0 radical (unpaired) electrons. The molecule has 0 aliphatic rings. The third-order valence-electron chi connectivity index (χ3n) is 3.16. The first-order valence-corrected chi connectivity index (χ1v) is 6.51. The number of nitrogens with one attached hydrogen (secondary N) is 1. The number of aromatic nitrogens is 1. The van der Waals surface area contributed by atoms with Gasteiger partial charge in [-0.05, 0) is 42.1 Å². The highest BCUT2D eigenvalue weighted by Gasteiger charge is 2.03. The van der Waals surface area contributed by atoms with Gasteiger partial charge in [-0.15, -0.1) is 0 Å². The van der Waals surface area contributed by atoms with Crippen LogP contribution in [0, 0.1) is 0 Å². The SMILES string of the molecule is CC(CNCCc1ccncc1)c1ccccc1. The highest BCUT2D eigenvalue weighted by molar-refractivity contribution is 5.19. The zero-order valence-corrected chi connectivity index (χ0v) is 10.8. The summed E-state index contributed by atoms with van der Waals surface area (Å²) in [4.78, 5) is 4.02. The van der Waals surface area contributed by atoms with E-state index in [1.54, 1.807) is 0 Å². The summed E-state index contributed by atoms with van der Waals surface area (Å²) in [5.74, 6) is 0.559. The van der Waals surface area contributed by atoms with Crippen LogP contribution in [-0.4, -0.2) is 18.1 Å². The van der Waals surface area contributed by atoms with Crippen molar-refractivity contribution in [1.29, 1.82) is 0 Å².